The van der Waals surface area contributed by atoms with Gasteiger partial charge < -0.3 is 8.85 Å². The lowest BCUT2D eigenvalue weighted by Gasteiger charge is -2.42. The average Bonchev–Trinajstić information content (AvgIpc) is 2.19. The molecule has 0 aromatic heterocycles. The lowest BCUT2D eigenvalue weighted by Crippen LogP contribution is -2.48. The van der Waals surface area contributed by atoms with Crippen LogP contribution in [-0.4, -0.2) is 23.2 Å². The van der Waals surface area contributed by atoms with Gasteiger partial charge in [0.2, 0.25) is 8.32 Å². The molecule has 0 aromatic rings. The first-order valence-corrected chi connectivity index (χ1v) is 13.5. The molecule has 0 unspecified atom stereocenters. The molecule has 0 spiro atoms. The molecule has 4 heteroatoms. The third kappa shape index (κ3) is 5.74. The molecule has 0 amide bonds. The average molecular weight is 317 g/mol. The zero-order chi connectivity index (χ0) is 16.1. The fourth-order valence-electron chi connectivity index (χ4n) is 3.33. The van der Waals surface area contributed by atoms with Crippen LogP contribution in [0.2, 0.25) is 36.3 Å². The highest BCUT2D eigenvalue weighted by Gasteiger charge is 2.44. The van der Waals surface area contributed by atoms with Gasteiger partial charge in [0.15, 0.2) is 8.32 Å². The molecule has 0 radical (unpaired) electrons. The molecule has 0 aliphatic heterocycles. The SMILES string of the molecule is C=C(CCO[Si](C(C)C)(C(C)C)C(C)C)O[Si](C)(C)C. The van der Waals surface area contributed by atoms with Gasteiger partial charge in [0.1, 0.15) is 0 Å². The van der Waals surface area contributed by atoms with Crippen LogP contribution in [0.25, 0.3) is 0 Å². The van der Waals surface area contributed by atoms with Crippen molar-refractivity contribution < 1.29 is 8.85 Å². The van der Waals surface area contributed by atoms with E-state index in [0.29, 0.717) is 16.6 Å². The van der Waals surface area contributed by atoms with Crippen molar-refractivity contribution in [2.75, 3.05) is 6.61 Å². The second-order valence-electron chi connectivity index (χ2n) is 7.67. The summed E-state index contributed by atoms with van der Waals surface area (Å²) in [6, 6.07) is 0. The Labute approximate surface area is 129 Å². The van der Waals surface area contributed by atoms with Crippen molar-refractivity contribution in [2.24, 2.45) is 0 Å². The summed E-state index contributed by atoms with van der Waals surface area (Å²) in [6.45, 7) is 25.3. The van der Waals surface area contributed by atoms with E-state index in [1.54, 1.807) is 0 Å². The molecule has 0 heterocycles. The monoisotopic (exact) mass is 316 g/mol. The molecule has 0 N–H and O–H groups in total. The molecule has 120 valence electrons. The highest BCUT2D eigenvalue weighted by molar-refractivity contribution is 6.77. The molecule has 0 saturated carbocycles. The Bertz CT molecular complexity index is 282. The predicted octanol–water partition coefficient (Wildman–Crippen LogP) is 5.93. The summed E-state index contributed by atoms with van der Waals surface area (Å²) in [5.74, 6) is 0.892. The fourth-order valence-corrected chi connectivity index (χ4v) is 9.75. The third-order valence-corrected chi connectivity index (χ3v) is 10.9. The third-order valence-electron chi connectivity index (χ3n) is 3.89. The molecule has 0 fully saturated rings. The minimum Gasteiger partial charge on any atom is -0.548 e. The van der Waals surface area contributed by atoms with E-state index in [4.69, 9.17) is 8.85 Å². The number of hydrogen-bond donors (Lipinski definition) is 0. The van der Waals surface area contributed by atoms with Crippen LogP contribution in [0.4, 0.5) is 0 Å². The van der Waals surface area contributed by atoms with E-state index >= 15 is 0 Å². The highest BCUT2D eigenvalue weighted by Crippen LogP contribution is 2.42. The van der Waals surface area contributed by atoms with Crippen LogP contribution >= 0.6 is 0 Å². The Morgan fingerprint density at radius 1 is 0.900 bits per heavy atom. The second-order valence-corrected chi connectivity index (χ2v) is 17.6. The minimum absolute atomic E-state index is 0.633. The topological polar surface area (TPSA) is 18.5 Å². The highest BCUT2D eigenvalue weighted by atomic mass is 28.4. The fraction of sp³-hybridized carbons (Fsp3) is 0.875. The van der Waals surface area contributed by atoms with E-state index in [1.165, 1.54) is 0 Å². The van der Waals surface area contributed by atoms with Gasteiger partial charge >= 0.3 is 0 Å². The summed E-state index contributed by atoms with van der Waals surface area (Å²) in [5, 5.41) is 0. The van der Waals surface area contributed by atoms with Crippen LogP contribution in [0, 0.1) is 0 Å². The van der Waals surface area contributed by atoms with Crippen molar-refractivity contribution in [3.63, 3.8) is 0 Å². The summed E-state index contributed by atoms with van der Waals surface area (Å²) in [4.78, 5) is 0. The van der Waals surface area contributed by atoms with E-state index < -0.39 is 16.6 Å². The normalized spacial score (nSPS) is 13.4. The van der Waals surface area contributed by atoms with E-state index in [0.717, 1.165) is 18.8 Å². The summed E-state index contributed by atoms with van der Waals surface area (Å²) < 4.78 is 12.4. The Morgan fingerprint density at radius 2 is 1.30 bits per heavy atom. The van der Waals surface area contributed by atoms with Crippen LogP contribution in [0.5, 0.6) is 0 Å². The van der Waals surface area contributed by atoms with Gasteiger partial charge in [0, 0.05) is 13.0 Å². The van der Waals surface area contributed by atoms with Crippen LogP contribution in [-0.2, 0) is 8.85 Å². The molecule has 0 atom stereocenters. The van der Waals surface area contributed by atoms with Gasteiger partial charge in [-0.25, -0.2) is 0 Å². The molecule has 0 bridgehead atoms. The van der Waals surface area contributed by atoms with Crippen LogP contribution in [0.15, 0.2) is 12.3 Å². The van der Waals surface area contributed by atoms with Crippen molar-refractivity contribution >= 4 is 16.6 Å². The van der Waals surface area contributed by atoms with Gasteiger partial charge in [-0.05, 0) is 36.3 Å². The maximum absolute atomic E-state index is 6.51. The maximum atomic E-state index is 6.51. The van der Waals surface area contributed by atoms with Crippen LogP contribution in [0.1, 0.15) is 48.0 Å². The van der Waals surface area contributed by atoms with Gasteiger partial charge in [-0.3, -0.25) is 0 Å². The maximum Gasteiger partial charge on any atom is 0.241 e. The molecule has 20 heavy (non-hydrogen) atoms. The van der Waals surface area contributed by atoms with E-state index in [9.17, 15) is 0 Å². The largest absolute Gasteiger partial charge is 0.548 e. The molecular weight excluding hydrogens is 280 g/mol. The van der Waals surface area contributed by atoms with Crippen molar-refractivity contribution in [2.45, 2.75) is 84.2 Å². The molecular formula is C16H36O2Si2. The lowest BCUT2D eigenvalue weighted by atomic mass is 10.4. The zero-order valence-corrected chi connectivity index (χ0v) is 17.2. The molecule has 0 rings (SSSR count). The van der Waals surface area contributed by atoms with Gasteiger partial charge in [0.05, 0.1) is 5.76 Å². The van der Waals surface area contributed by atoms with Crippen molar-refractivity contribution in [1.82, 2.24) is 0 Å². The minimum atomic E-state index is -1.74. The van der Waals surface area contributed by atoms with E-state index in [1.807, 2.05) is 0 Å². The molecule has 0 aliphatic rings. The van der Waals surface area contributed by atoms with Crippen molar-refractivity contribution in [3.05, 3.63) is 12.3 Å². The Hall–Kier alpha value is -0.0662. The number of rotatable bonds is 9. The first kappa shape index (κ1) is 19.9. The lowest BCUT2D eigenvalue weighted by molar-refractivity contribution is 0.261. The van der Waals surface area contributed by atoms with Crippen molar-refractivity contribution in [1.29, 1.82) is 0 Å². The standard InChI is InChI=1S/C16H36O2Si2/c1-13(2)20(14(3)4,15(5)6)17-12-11-16(7)18-19(8,9)10/h13-15H,7,11-12H2,1-6,8-10H3. The number of hydrogen-bond acceptors (Lipinski definition) is 2. The van der Waals surface area contributed by atoms with Gasteiger partial charge in [0.25, 0.3) is 0 Å². The Balaban J connectivity index is 4.61. The smallest absolute Gasteiger partial charge is 0.241 e. The Kier molecular flexibility index (Phi) is 7.78. The molecule has 0 aromatic carbocycles. The van der Waals surface area contributed by atoms with Gasteiger partial charge in [-0.1, -0.05) is 48.1 Å². The van der Waals surface area contributed by atoms with Gasteiger partial charge in [-0.2, -0.15) is 0 Å². The summed E-state index contributed by atoms with van der Waals surface area (Å²) in [6.07, 6.45) is 0.825. The molecule has 0 saturated heterocycles. The van der Waals surface area contributed by atoms with Crippen LogP contribution in [0.3, 0.4) is 0 Å². The van der Waals surface area contributed by atoms with Crippen LogP contribution < -0.4 is 0 Å². The first-order valence-electron chi connectivity index (χ1n) is 7.94. The van der Waals surface area contributed by atoms with E-state index in [-0.39, 0.29) is 0 Å². The summed E-state index contributed by atoms with van der Waals surface area (Å²) in [5.41, 5.74) is 1.90. The zero-order valence-electron chi connectivity index (χ0n) is 15.2. The summed E-state index contributed by atoms with van der Waals surface area (Å²) in [7, 11) is -3.26. The predicted molar refractivity (Wildman–Crippen MR) is 95.2 cm³/mol. The van der Waals surface area contributed by atoms with Gasteiger partial charge in [-0.15, -0.1) is 0 Å². The molecule has 2 nitrogen and oxygen atoms in total. The molecule has 0 aliphatic carbocycles. The first-order chi connectivity index (χ1) is 8.93. The quantitative estimate of drug-likeness (QED) is 0.387. The van der Waals surface area contributed by atoms with Crippen molar-refractivity contribution in [3.8, 4) is 0 Å². The van der Waals surface area contributed by atoms with E-state index in [2.05, 4.69) is 67.8 Å². The Morgan fingerprint density at radius 3 is 1.60 bits per heavy atom. The second kappa shape index (κ2) is 7.80. The summed E-state index contributed by atoms with van der Waals surface area (Å²) >= 11 is 0.